The van der Waals surface area contributed by atoms with E-state index in [1.165, 1.54) is 23.9 Å². The Morgan fingerprint density at radius 2 is 1.77 bits per heavy atom. The van der Waals surface area contributed by atoms with Gasteiger partial charge in [-0.1, -0.05) is 23.9 Å². The predicted molar refractivity (Wildman–Crippen MR) is 98.8 cm³/mol. The summed E-state index contributed by atoms with van der Waals surface area (Å²) in [5.74, 6) is 1.60. The van der Waals surface area contributed by atoms with Gasteiger partial charge in [0.15, 0.2) is 0 Å². The van der Waals surface area contributed by atoms with Gasteiger partial charge in [-0.05, 0) is 42.0 Å². The molecule has 0 atom stereocenters. The lowest BCUT2D eigenvalue weighted by atomic mass is 10.2. The van der Waals surface area contributed by atoms with Crippen LogP contribution in [-0.4, -0.2) is 34.9 Å². The van der Waals surface area contributed by atoms with Crippen LogP contribution in [0, 0.1) is 5.82 Å². The van der Waals surface area contributed by atoms with Crippen LogP contribution in [0.4, 0.5) is 9.18 Å². The van der Waals surface area contributed by atoms with E-state index < -0.39 is 0 Å². The molecule has 1 fully saturated rings. The Labute approximate surface area is 155 Å². The Morgan fingerprint density at radius 1 is 1.12 bits per heavy atom. The monoisotopic (exact) mass is 374 g/mol. The molecule has 2 aromatic rings. The molecule has 26 heavy (non-hydrogen) atoms. The fourth-order valence-corrected chi connectivity index (χ4v) is 3.32. The molecule has 1 aliphatic rings. The molecule has 136 valence electrons. The van der Waals surface area contributed by atoms with Crippen molar-refractivity contribution >= 4 is 22.9 Å². The summed E-state index contributed by atoms with van der Waals surface area (Å²) in [4.78, 5) is 25.1. The van der Waals surface area contributed by atoms with Crippen LogP contribution in [0.25, 0.3) is 0 Å². The van der Waals surface area contributed by atoms with Crippen LogP contribution in [-0.2, 0) is 11.3 Å². The first-order valence-corrected chi connectivity index (χ1v) is 9.29. The van der Waals surface area contributed by atoms with E-state index in [1.807, 2.05) is 12.1 Å². The molecular weight excluding hydrogens is 355 g/mol. The van der Waals surface area contributed by atoms with Gasteiger partial charge in [0.1, 0.15) is 17.3 Å². The number of rotatable bonds is 7. The highest BCUT2D eigenvalue weighted by molar-refractivity contribution is 8.13. The van der Waals surface area contributed by atoms with Gasteiger partial charge in [-0.2, -0.15) is 0 Å². The molecule has 7 heteroatoms. The standard InChI is InChI=1S/C19H19FN2O3S/c20-15-3-7-17(8-4-15)25-16-5-1-14(2-6-16)13-21-18(23)9-10-22-11-12-26-19(22)24/h1-8H,9-13H2,(H,21,23). The Bertz CT molecular complexity index is 765. The first-order valence-electron chi connectivity index (χ1n) is 8.31. The molecular formula is C19H19FN2O3S. The SMILES string of the molecule is O=C(CCN1CCSC1=O)NCc1ccc(Oc2ccc(F)cc2)cc1. The van der Waals surface area contributed by atoms with E-state index in [0.717, 1.165) is 11.3 Å². The highest BCUT2D eigenvalue weighted by Crippen LogP contribution is 2.22. The van der Waals surface area contributed by atoms with Crippen molar-refractivity contribution in [1.82, 2.24) is 10.2 Å². The predicted octanol–water partition coefficient (Wildman–Crippen LogP) is 3.79. The van der Waals surface area contributed by atoms with Gasteiger partial charge >= 0.3 is 0 Å². The molecule has 1 aliphatic heterocycles. The number of halogens is 1. The molecule has 0 saturated carbocycles. The summed E-state index contributed by atoms with van der Waals surface area (Å²) in [6.45, 7) is 1.59. The lowest BCUT2D eigenvalue weighted by Crippen LogP contribution is -2.30. The number of amides is 2. The van der Waals surface area contributed by atoms with Gasteiger partial charge < -0.3 is 15.0 Å². The van der Waals surface area contributed by atoms with Crippen LogP contribution < -0.4 is 10.1 Å². The van der Waals surface area contributed by atoms with E-state index >= 15 is 0 Å². The molecule has 0 spiro atoms. The van der Waals surface area contributed by atoms with Gasteiger partial charge in [0.2, 0.25) is 5.91 Å². The number of benzene rings is 2. The number of ether oxygens (including phenoxy) is 1. The molecule has 5 nitrogen and oxygen atoms in total. The van der Waals surface area contributed by atoms with E-state index in [1.54, 1.807) is 29.2 Å². The fourth-order valence-electron chi connectivity index (χ4n) is 2.47. The maximum Gasteiger partial charge on any atom is 0.281 e. The Kier molecular flexibility index (Phi) is 6.12. The maximum absolute atomic E-state index is 12.9. The van der Waals surface area contributed by atoms with Crippen LogP contribution >= 0.6 is 11.8 Å². The van der Waals surface area contributed by atoms with Crippen molar-refractivity contribution in [2.24, 2.45) is 0 Å². The van der Waals surface area contributed by atoms with Gasteiger partial charge in [0, 0.05) is 31.8 Å². The third-order valence-corrected chi connectivity index (χ3v) is 4.81. The zero-order valence-corrected chi connectivity index (χ0v) is 14.9. The zero-order chi connectivity index (χ0) is 18.4. The summed E-state index contributed by atoms with van der Waals surface area (Å²) in [5.41, 5.74) is 0.942. The van der Waals surface area contributed by atoms with Crippen molar-refractivity contribution in [1.29, 1.82) is 0 Å². The second kappa shape index (κ2) is 8.71. The van der Waals surface area contributed by atoms with Crippen molar-refractivity contribution in [2.75, 3.05) is 18.8 Å². The van der Waals surface area contributed by atoms with Crippen molar-refractivity contribution in [3.8, 4) is 11.5 Å². The Balaban J connectivity index is 1.43. The fraction of sp³-hybridized carbons (Fsp3) is 0.263. The van der Waals surface area contributed by atoms with Crippen LogP contribution in [0.15, 0.2) is 48.5 Å². The summed E-state index contributed by atoms with van der Waals surface area (Å²) in [5, 5.41) is 2.90. The molecule has 1 saturated heterocycles. The zero-order valence-electron chi connectivity index (χ0n) is 14.1. The number of hydrogen-bond acceptors (Lipinski definition) is 4. The molecule has 2 amide bonds. The first-order chi connectivity index (χ1) is 12.6. The van der Waals surface area contributed by atoms with Crippen molar-refractivity contribution < 1.29 is 18.7 Å². The number of thioether (sulfide) groups is 1. The van der Waals surface area contributed by atoms with Gasteiger partial charge in [-0.25, -0.2) is 4.39 Å². The molecule has 2 aromatic carbocycles. The van der Waals surface area contributed by atoms with Gasteiger partial charge in [0.05, 0.1) is 0 Å². The van der Waals surface area contributed by atoms with Gasteiger partial charge in [-0.15, -0.1) is 0 Å². The summed E-state index contributed by atoms with van der Waals surface area (Å²) in [7, 11) is 0. The van der Waals surface area contributed by atoms with Crippen LogP contribution in [0.1, 0.15) is 12.0 Å². The molecule has 0 aromatic heterocycles. The summed E-state index contributed by atoms with van der Waals surface area (Å²) < 4.78 is 18.5. The minimum Gasteiger partial charge on any atom is -0.457 e. The molecule has 0 aliphatic carbocycles. The van der Waals surface area contributed by atoms with Gasteiger partial charge in [0.25, 0.3) is 5.24 Å². The smallest absolute Gasteiger partial charge is 0.281 e. The topological polar surface area (TPSA) is 58.6 Å². The molecule has 0 radical (unpaired) electrons. The molecule has 0 bridgehead atoms. The molecule has 3 rings (SSSR count). The number of nitrogens with one attached hydrogen (secondary N) is 1. The lowest BCUT2D eigenvalue weighted by molar-refractivity contribution is -0.121. The van der Waals surface area contributed by atoms with E-state index in [0.29, 0.717) is 37.6 Å². The number of nitrogens with zero attached hydrogens (tertiary/aromatic N) is 1. The van der Waals surface area contributed by atoms with Crippen molar-refractivity contribution in [3.05, 3.63) is 59.9 Å². The average molecular weight is 374 g/mol. The normalized spacial score (nSPS) is 13.7. The largest absolute Gasteiger partial charge is 0.457 e. The third kappa shape index (κ3) is 5.23. The highest BCUT2D eigenvalue weighted by Gasteiger charge is 2.21. The van der Waals surface area contributed by atoms with Crippen LogP contribution in [0.5, 0.6) is 11.5 Å². The number of carbonyl (C=O) groups excluding carboxylic acids is 2. The summed E-state index contributed by atoms with van der Waals surface area (Å²) >= 11 is 1.29. The van der Waals surface area contributed by atoms with Gasteiger partial charge in [-0.3, -0.25) is 9.59 Å². The van der Waals surface area contributed by atoms with Crippen molar-refractivity contribution in [3.63, 3.8) is 0 Å². The average Bonchev–Trinajstić information content (AvgIpc) is 3.06. The number of hydrogen-bond donors (Lipinski definition) is 1. The third-order valence-electron chi connectivity index (χ3n) is 3.92. The molecule has 1 heterocycles. The minimum absolute atomic E-state index is 0.0505. The van der Waals surface area contributed by atoms with E-state index in [2.05, 4.69) is 5.32 Å². The maximum atomic E-state index is 12.9. The first kappa shape index (κ1) is 18.3. The second-order valence-corrected chi connectivity index (χ2v) is 6.87. The second-order valence-electron chi connectivity index (χ2n) is 5.83. The minimum atomic E-state index is -0.309. The quantitative estimate of drug-likeness (QED) is 0.801. The summed E-state index contributed by atoms with van der Waals surface area (Å²) in [6, 6.07) is 13.1. The van der Waals surface area contributed by atoms with E-state index in [4.69, 9.17) is 4.74 Å². The number of carbonyl (C=O) groups is 2. The lowest BCUT2D eigenvalue weighted by Gasteiger charge is -2.14. The highest BCUT2D eigenvalue weighted by atomic mass is 32.2. The van der Waals surface area contributed by atoms with E-state index in [9.17, 15) is 14.0 Å². The van der Waals surface area contributed by atoms with E-state index in [-0.39, 0.29) is 17.0 Å². The van der Waals surface area contributed by atoms with Crippen molar-refractivity contribution in [2.45, 2.75) is 13.0 Å². The summed E-state index contributed by atoms with van der Waals surface area (Å²) in [6.07, 6.45) is 0.304. The Morgan fingerprint density at radius 3 is 2.38 bits per heavy atom. The van der Waals surface area contributed by atoms with Crippen LogP contribution in [0.2, 0.25) is 0 Å². The van der Waals surface area contributed by atoms with Crippen LogP contribution in [0.3, 0.4) is 0 Å². The molecule has 0 unspecified atom stereocenters. The Hall–Kier alpha value is -2.54. The molecule has 1 N–H and O–H groups in total.